The van der Waals surface area contributed by atoms with Crippen LogP contribution >= 0.6 is 23.8 Å². The van der Waals surface area contributed by atoms with Crippen LogP contribution in [-0.2, 0) is 19.1 Å². The van der Waals surface area contributed by atoms with Crippen LogP contribution in [0.5, 0.6) is 0 Å². The molecule has 166 valence electrons. The van der Waals surface area contributed by atoms with E-state index in [0.29, 0.717) is 0 Å². The standard InChI is InChI=1S/C23H35O4P3/c1-18(2,3)21-12-14(16(24)26-10)30-22(19(4,5)6)23(30,20(7,8)9)29(21)15(13-28(21)22)17(25)27-11/h12-13H,1-11H3. The van der Waals surface area contributed by atoms with E-state index in [0.717, 1.165) is 10.6 Å². The zero-order valence-corrected chi connectivity index (χ0v) is 22.8. The van der Waals surface area contributed by atoms with Crippen LogP contribution in [-0.4, -0.2) is 40.8 Å². The molecule has 6 bridgehead atoms. The Labute approximate surface area is 184 Å². The van der Waals surface area contributed by atoms with E-state index in [1.165, 1.54) is 14.2 Å². The number of esters is 2. The summed E-state index contributed by atoms with van der Waals surface area (Å²) in [7, 11) is 0.770. The largest absolute Gasteiger partial charge is 0.465 e. The highest BCUT2D eigenvalue weighted by atomic mass is 31.2. The van der Waals surface area contributed by atoms with E-state index in [9.17, 15) is 9.59 Å². The van der Waals surface area contributed by atoms with Crippen molar-refractivity contribution in [1.29, 1.82) is 0 Å². The highest BCUT2D eigenvalue weighted by molar-refractivity contribution is 8.11. The van der Waals surface area contributed by atoms with E-state index < -0.39 is 23.8 Å². The van der Waals surface area contributed by atoms with Crippen LogP contribution in [0.25, 0.3) is 0 Å². The van der Waals surface area contributed by atoms with Gasteiger partial charge >= 0.3 is 11.9 Å². The predicted molar refractivity (Wildman–Crippen MR) is 128 cm³/mol. The van der Waals surface area contributed by atoms with Gasteiger partial charge in [-0.05, 0) is 37.9 Å². The number of methoxy groups -OCH3 is 2. The molecule has 0 spiro atoms. The number of hydrogen-bond acceptors (Lipinski definition) is 4. The van der Waals surface area contributed by atoms with Crippen molar-refractivity contribution in [1.82, 2.24) is 0 Å². The number of hydrogen-bond donors (Lipinski definition) is 0. The van der Waals surface area contributed by atoms with Crippen molar-refractivity contribution in [2.24, 2.45) is 16.2 Å². The molecule has 0 aromatic rings. The molecule has 7 heteroatoms. The molecule has 0 N–H and O–H groups in total. The summed E-state index contributed by atoms with van der Waals surface area (Å²) in [6.45, 7) is 20.9. The smallest absolute Gasteiger partial charge is 0.338 e. The first-order valence-electron chi connectivity index (χ1n) is 10.5. The lowest BCUT2D eigenvalue weighted by atomic mass is 9.80. The average molecular weight is 468 g/mol. The SMILES string of the molecule is COC(=O)C1=CP2C3(C(C)(C)C)C=C(C(=O)OC)P4C2(C(C)(C)C)C4(C(C)(C)C)P13. The Morgan fingerprint density at radius 3 is 1.60 bits per heavy atom. The molecule has 0 aliphatic carbocycles. The van der Waals surface area contributed by atoms with Gasteiger partial charge in [0.1, 0.15) is 0 Å². The zero-order chi connectivity index (χ0) is 22.9. The maximum atomic E-state index is 13.1. The molecule has 0 saturated carbocycles. The molecule has 30 heavy (non-hydrogen) atoms. The first-order valence-corrected chi connectivity index (χ1v) is 14.6. The fraction of sp³-hybridized carbons (Fsp3) is 0.739. The summed E-state index contributed by atoms with van der Waals surface area (Å²) >= 11 is 0. The van der Waals surface area contributed by atoms with E-state index in [1.54, 1.807) is 0 Å². The minimum absolute atomic E-state index is 0.0248. The molecule has 0 aromatic heterocycles. The third-order valence-electron chi connectivity index (χ3n) is 7.52. The fourth-order valence-electron chi connectivity index (χ4n) is 6.77. The summed E-state index contributed by atoms with van der Waals surface area (Å²) in [6.07, 6.45) is 2.30. The minimum atomic E-state index is -0.832. The average Bonchev–Trinajstić information content (AvgIpc) is 3.10. The van der Waals surface area contributed by atoms with Gasteiger partial charge in [-0.3, -0.25) is 0 Å². The number of rotatable bonds is 2. The van der Waals surface area contributed by atoms with Gasteiger partial charge in [0.2, 0.25) is 0 Å². The molecule has 5 aliphatic heterocycles. The lowest BCUT2D eigenvalue weighted by Crippen LogP contribution is -2.41. The maximum absolute atomic E-state index is 13.1. The van der Waals surface area contributed by atoms with E-state index in [1.807, 2.05) is 0 Å². The number of allylic oxidation sites excluding steroid dienone is 1. The molecule has 5 rings (SSSR count). The van der Waals surface area contributed by atoms with Crippen molar-refractivity contribution < 1.29 is 19.1 Å². The van der Waals surface area contributed by atoms with Crippen molar-refractivity contribution in [3.63, 3.8) is 0 Å². The van der Waals surface area contributed by atoms with Crippen LogP contribution in [0.1, 0.15) is 62.3 Å². The van der Waals surface area contributed by atoms with Crippen molar-refractivity contribution in [2.45, 2.75) is 77.0 Å². The van der Waals surface area contributed by atoms with Crippen molar-refractivity contribution >= 4 is 35.7 Å². The van der Waals surface area contributed by atoms with Crippen molar-refractivity contribution in [3.8, 4) is 0 Å². The second kappa shape index (κ2) is 5.98. The monoisotopic (exact) mass is 468 g/mol. The van der Waals surface area contributed by atoms with E-state index in [4.69, 9.17) is 9.47 Å². The van der Waals surface area contributed by atoms with Crippen molar-refractivity contribution in [2.75, 3.05) is 14.2 Å². The molecule has 2 fully saturated rings. The Hall–Kier alpha value is -0.290. The van der Waals surface area contributed by atoms with Gasteiger partial charge in [0.05, 0.1) is 24.8 Å². The van der Waals surface area contributed by atoms with Crippen LogP contribution in [0.15, 0.2) is 22.5 Å². The third-order valence-corrected chi connectivity index (χ3v) is 23.5. The lowest BCUT2D eigenvalue weighted by molar-refractivity contribution is -0.136. The Balaban J connectivity index is 2.16. The summed E-state index contributed by atoms with van der Waals surface area (Å²) in [6, 6.07) is 0. The molecule has 0 aromatic carbocycles. The molecule has 0 radical (unpaired) electrons. The Kier molecular flexibility index (Phi) is 4.56. The minimum Gasteiger partial charge on any atom is -0.465 e. The van der Waals surface area contributed by atoms with Gasteiger partial charge in [-0.1, -0.05) is 76.3 Å². The molecule has 2 saturated heterocycles. The second-order valence-corrected chi connectivity index (χ2v) is 20.3. The van der Waals surface area contributed by atoms with Gasteiger partial charge in [-0.2, -0.15) is 0 Å². The Morgan fingerprint density at radius 2 is 1.20 bits per heavy atom. The second-order valence-electron chi connectivity index (χ2n) is 11.9. The number of carbonyl (C=O) groups excluding carboxylic acids is 2. The van der Waals surface area contributed by atoms with Crippen LogP contribution in [0.4, 0.5) is 0 Å². The molecule has 0 amide bonds. The zero-order valence-electron chi connectivity index (χ0n) is 20.1. The highest BCUT2D eigenvalue weighted by Crippen LogP contribution is 3.22. The van der Waals surface area contributed by atoms with Gasteiger partial charge in [0.15, 0.2) is 0 Å². The number of carbonyl (C=O) groups is 2. The fourth-order valence-corrected chi connectivity index (χ4v) is 28.4. The lowest BCUT2D eigenvalue weighted by Gasteiger charge is -2.54. The third kappa shape index (κ3) is 2.03. The summed E-state index contributed by atoms with van der Waals surface area (Å²) < 4.78 is 10.6. The first-order chi connectivity index (χ1) is 13.5. The van der Waals surface area contributed by atoms with E-state index >= 15 is 0 Å². The molecule has 6 unspecified atom stereocenters. The summed E-state index contributed by atoms with van der Waals surface area (Å²) in [5, 5.41) is 1.85. The van der Waals surface area contributed by atoms with Crippen LogP contribution < -0.4 is 0 Å². The molecule has 5 aliphatic rings. The van der Waals surface area contributed by atoms with Crippen LogP contribution in [0, 0.1) is 16.2 Å². The van der Waals surface area contributed by atoms with Gasteiger partial charge < -0.3 is 9.47 Å². The quantitative estimate of drug-likeness (QED) is 0.331. The molecular formula is C23H35O4P3. The Morgan fingerprint density at radius 1 is 0.733 bits per heavy atom. The molecular weight excluding hydrogens is 433 g/mol. The molecule has 4 nitrogen and oxygen atoms in total. The molecule has 5 heterocycles. The maximum Gasteiger partial charge on any atom is 0.338 e. The predicted octanol–water partition coefficient (Wildman–Crippen LogP) is 6.79. The first kappa shape index (κ1) is 22.9. The summed E-state index contributed by atoms with van der Waals surface area (Å²) in [4.78, 5) is 26.0. The van der Waals surface area contributed by atoms with Gasteiger partial charge in [0, 0.05) is 14.7 Å². The Bertz CT molecular complexity index is 916. The van der Waals surface area contributed by atoms with E-state index in [-0.39, 0.29) is 42.9 Å². The molecule has 6 atom stereocenters. The van der Waals surface area contributed by atoms with Gasteiger partial charge in [-0.15, -0.1) is 0 Å². The highest BCUT2D eigenvalue weighted by Gasteiger charge is 3.00. The van der Waals surface area contributed by atoms with Crippen molar-refractivity contribution in [3.05, 3.63) is 22.5 Å². The summed E-state index contributed by atoms with van der Waals surface area (Å²) in [5.74, 6) is 2.00. The van der Waals surface area contributed by atoms with Crippen LogP contribution in [0.3, 0.4) is 0 Å². The van der Waals surface area contributed by atoms with E-state index in [2.05, 4.69) is 74.2 Å². The normalized spacial score (nSPS) is 41.2. The van der Waals surface area contributed by atoms with Gasteiger partial charge in [0.25, 0.3) is 0 Å². The van der Waals surface area contributed by atoms with Gasteiger partial charge in [-0.25, -0.2) is 9.59 Å². The number of ether oxygens (including phenoxy) is 2. The topological polar surface area (TPSA) is 52.6 Å². The van der Waals surface area contributed by atoms with Crippen LogP contribution in [0.2, 0.25) is 0 Å². The summed E-state index contributed by atoms with van der Waals surface area (Å²) in [5.41, 5.74) is -0.0927.